The molecule has 0 aliphatic carbocycles. The van der Waals surface area contributed by atoms with E-state index in [0.717, 1.165) is 5.56 Å². The number of primary amides is 1. The third-order valence-electron chi connectivity index (χ3n) is 7.90. The van der Waals surface area contributed by atoms with Gasteiger partial charge in [-0.1, -0.05) is 48.4 Å². The third-order valence-corrected chi connectivity index (χ3v) is 8.14. The van der Waals surface area contributed by atoms with E-state index in [1.165, 1.54) is 34.2 Å². The number of carbonyl (C=O) groups excluding carboxylic acids is 2. The number of halogens is 1. The maximum atomic E-state index is 13.8. The largest absolute Gasteiger partial charge is 0.364 e. The van der Waals surface area contributed by atoms with E-state index in [1.54, 1.807) is 22.8 Å². The number of nitrogens with zero attached hydrogens (tertiary/aromatic N) is 7. The number of fused-ring (bicyclic) bond motifs is 4. The standard InChI is InChI=1S/C30H25B3ClN9O3/c1-16-4-2-7-24(17-5-3-6-18(10-17)27-22(38-29(16)46)13-37-43(27)30(31,32)33)41-15-36-21(12-26(41)44)20-11-19(34)8-9-25(20)42-14-23(28(35)45)39-40-42/h3,5-6,8-16,24H,2,4,7H2,1H3,(H2,35,45)(H,38,46)/t16-,24+/m1/s1. The first kappa shape index (κ1) is 31.1. The van der Waals surface area contributed by atoms with E-state index in [4.69, 9.17) is 40.9 Å². The van der Waals surface area contributed by atoms with Crippen LogP contribution in [0.5, 0.6) is 0 Å². The summed E-state index contributed by atoms with van der Waals surface area (Å²) in [5.41, 5.74) is 8.61. The molecule has 2 amide bonds. The summed E-state index contributed by atoms with van der Waals surface area (Å²) in [5, 5.41) is 13.6. The van der Waals surface area contributed by atoms with Gasteiger partial charge in [0.1, 0.15) is 0 Å². The zero-order valence-corrected chi connectivity index (χ0v) is 25.4. The molecule has 0 fully saturated rings. The highest BCUT2D eigenvalue weighted by molar-refractivity contribution is 6.56. The monoisotopic (exact) mass is 627 g/mol. The average Bonchev–Trinajstić information content (AvgIpc) is 3.67. The SMILES string of the molecule is [B]C([B])([B])n1ncc2c1-c1cccc(c1)[C@@H](n1cnc(-c3cc(Cl)ccc3-n3cc(C(N)=O)nn3)cc1=O)CCC[C@@H](C)C(=O)N2. The summed E-state index contributed by atoms with van der Waals surface area (Å²) in [7, 11) is 18.1. The van der Waals surface area contributed by atoms with Gasteiger partial charge >= 0.3 is 0 Å². The predicted molar refractivity (Wildman–Crippen MR) is 175 cm³/mol. The number of benzene rings is 2. The molecule has 3 aromatic heterocycles. The molecule has 46 heavy (non-hydrogen) atoms. The fourth-order valence-electron chi connectivity index (χ4n) is 5.57. The molecule has 4 heterocycles. The minimum absolute atomic E-state index is 0.0222. The maximum absolute atomic E-state index is 13.8. The Labute approximate surface area is 272 Å². The highest BCUT2D eigenvalue weighted by Gasteiger charge is 2.26. The molecule has 3 N–H and O–H groups in total. The number of hydrogen-bond acceptors (Lipinski definition) is 7. The Balaban J connectivity index is 1.45. The molecule has 2 aromatic carbocycles. The Morgan fingerprint density at radius 3 is 2.63 bits per heavy atom. The quantitative estimate of drug-likeness (QED) is 0.284. The molecule has 0 saturated heterocycles. The Kier molecular flexibility index (Phi) is 8.20. The number of anilines is 1. The number of hydrogen-bond donors (Lipinski definition) is 2. The van der Waals surface area contributed by atoms with Crippen LogP contribution < -0.4 is 16.6 Å². The fraction of sp³-hybridized carbons (Fsp3) is 0.233. The third kappa shape index (κ3) is 6.02. The number of amides is 2. The zero-order valence-electron chi connectivity index (χ0n) is 24.7. The second-order valence-corrected chi connectivity index (χ2v) is 11.7. The van der Waals surface area contributed by atoms with Crippen molar-refractivity contribution in [2.75, 3.05) is 5.32 Å². The van der Waals surface area contributed by atoms with Gasteiger partial charge in [-0.15, -0.1) is 5.10 Å². The van der Waals surface area contributed by atoms with E-state index in [1.807, 2.05) is 31.2 Å². The van der Waals surface area contributed by atoms with Gasteiger partial charge in [-0.3, -0.25) is 23.6 Å². The Morgan fingerprint density at radius 1 is 1.11 bits per heavy atom. The number of carbonyl (C=O) groups is 2. The molecule has 0 spiro atoms. The first-order valence-corrected chi connectivity index (χ1v) is 14.8. The number of aromatic nitrogens is 7. The van der Waals surface area contributed by atoms with Crippen LogP contribution in [0.25, 0.3) is 28.2 Å². The normalized spacial score (nSPS) is 17.0. The molecule has 5 aromatic rings. The topological polar surface area (TPSA) is 156 Å². The molecule has 12 nitrogen and oxygen atoms in total. The van der Waals surface area contributed by atoms with Crippen molar-refractivity contribution in [2.45, 2.75) is 37.5 Å². The van der Waals surface area contributed by atoms with Crippen molar-refractivity contribution in [3.8, 4) is 28.2 Å². The van der Waals surface area contributed by atoms with Crippen LogP contribution in [0.15, 0.2) is 72.0 Å². The summed E-state index contributed by atoms with van der Waals surface area (Å²) in [4.78, 5) is 43.2. The lowest BCUT2D eigenvalue weighted by molar-refractivity contribution is -0.119. The Morgan fingerprint density at radius 2 is 1.91 bits per heavy atom. The molecule has 16 heteroatoms. The van der Waals surface area contributed by atoms with Crippen molar-refractivity contribution in [1.82, 2.24) is 34.3 Å². The summed E-state index contributed by atoms with van der Waals surface area (Å²) in [6.45, 7) is 1.84. The summed E-state index contributed by atoms with van der Waals surface area (Å²) in [5.74, 6) is -1.26. The predicted octanol–water partition coefficient (Wildman–Crippen LogP) is 2.53. The molecule has 6 radical (unpaired) electrons. The van der Waals surface area contributed by atoms with Crippen molar-refractivity contribution in [3.05, 3.63) is 93.9 Å². The maximum Gasteiger partial charge on any atom is 0.270 e. The van der Waals surface area contributed by atoms with E-state index >= 15 is 0 Å². The molecule has 0 saturated carbocycles. The van der Waals surface area contributed by atoms with Crippen molar-refractivity contribution in [2.24, 2.45) is 11.7 Å². The fourth-order valence-corrected chi connectivity index (χ4v) is 5.75. The molecular formula is C30H25B3ClN9O3. The molecule has 2 bridgehead atoms. The van der Waals surface area contributed by atoms with Gasteiger partial charge in [0, 0.05) is 28.1 Å². The average molecular weight is 627 g/mol. The van der Waals surface area contributed by atoms with Crippen LogP contribution >= 0.6 is 11.6 Å². The van der Waals surface area contributed by atoms with Gasteiger partial charge < -0.3 is 11.1 Å². The highest BCUT2D eigenvalue weighted by atomic mass is 35.5. The minimum atomic E-state index is -1.85. The number of nitrogens with one attached hydrogen (secondary N) is 1. The summed E-state index contributed by atoms with van der Waals surface area (Å²) in [6.07, 6.45) is 6.09. The van der Waals surface area contributed by atoms with Crippen molar-refractivity contribution in [3.63, 3.8) is 0 Å². The highest BCUT2D eigenvalue weighted by Crippen LogP contribution is 2.35. The second-order valence-electron chi connectivity index (χ2n) is 11.3. The second kappa shape index (κ2) is 12.1. The van der Waals surface area contributed by atoms with Crippen molar-refractivity contribution in [1.29, 1.82) is 0 Å². The van der Waals surface area contributed by atoms with Crippen LogP contribution in [0.3, 0.4) is 0 Å². The molecule has 6 rings (SSSR count). The number of nitrogens with two attached hydrogens (primary N) is 1. The first-order valence-electron chi connectivity index (χ1n) is 14.4. The molecule has 2 atom stereocenters. The Bertz CT molecular complexity index is 2040. The van der Waals surface area contributed by atoms with Crippen LogP contribution in [0, 0.1) is 5.92 Å². The molecular weight excluding hydrogens is 602 g/mol. The van der Waals surface area contributed by atoms with Gasteiger partial charge in [0.2, 0.25) is 5.91 Å². The Hall–Kier alpha value is -4.91. The van der Waals surface area contributed by atoms with E-state index < -0.39 is 17.2 Å². The first-order chi connectivity index (χ1) is 21.9. The molecule has 1 aliphatic heterocycles. The van der Waals surface area contributed by atoms with Crippen LogP contribution in [0.4, 0.5) is 5.69 Å². The van der Waals surface area contributed by atoms with Gasteiger partial charge in [-0.25, -0.2) is 9.67 Å². The van der Waals surface area contributed by atoms with Crippen LogP contribution in [-0.4, -0.2) is 69.7 Å². The van der Waals surface area contributed by atoms with E-state index in [-0.39, 0.29) is 23.1 Å². The van der Waals surface area contributed by atoms with Gasteiger partial charge in [-0.05, 0) is 47.9 Å². The van der Waals surface area contributed by atoms with Crippen molar-refractivity contribution >= 4 is 52.6 Å². The van der Waals surface area contributed by atoms with E-state index in [0.29, 0.717) is 58.2 Å². The smallest absolute Gasteiger partial charge is 0.270 e. The zero-order chi connectivity index (χ0) is 32.7. The van der Waals surface area contributed by atoms with Crippen molar-refractivity contribution < 1.29 is 9.59 Å². The van der Waals surface area contributed by atoms with Crippen LogP contribution in [-0.2, 0) is 10.0 Å². The summed E-state index contributed by atoms with van der Waals surface area (Å²) >= 11 is 6.33. The van der Waals surface area contributed by atoms with E-state index in [2.05, 4.69) is 25.7 Å². The van der Waals surface area contributed by atoms with Crippen LogP contribution in [0.2, 0.25) is 5.02 Å². The molecule has 224 valence electrons. The van der Waals surface area contributed by atoms with Gasteiger partial charge in [0.25, 0.3) is 11.5 Å². The molecule has 0 unspecified atom stereocenters. The number of rotatable bonds is 5. The lowest BCUT2D eigenvalue weighted by Crippen LogP contribution is -2.36. The van der Waals surface area contributed by atoms with Gasteiger partial charge in [0.15, 0.2) is 5.69 Å². The summed E-state index contributed by atoms with van der Waals surface area (Å²) in [6, 6.07) is 13.4. The van der Waals surface area contributed by atoms with Gasteiger partial charge in [0.05, 0.1) is 71.1 Å². The van der Waals surface area contributed by atoms with E-state index in [9.17, 15) is 14.4 Å². The lowest BCUT2D eigenvalue weighted by atomic mass is 9.49. The molecule has 1 aliphatic rings. The lowest BCUT2D eigenvalue weighted by Gasteiger charge is -2.26. The minimum Gasteiger partial charge on any atom is -0.364 e. The summed E-state index contributed by atoms with van der Waals surface area (Å²) < 4.78 is 4.17. The van der Waals surface area contributed by atoms with Gasteiger partial charge in [-0.2, -0.15) is 5.10 Å². The van der Waals surface area contributed by atoms with Crippen LogP contribution in [0.1, 0.15) is 48.3 Å².